The first-order valence-corrected chi connectivity index (χ1v) is 17.7. The van der Waals surface area contributed by atoms with E-state index in [2.05, 4.69) is 26.0 Å². The number of aliphatic carboxylic acids is 1. The summed E-state index contributed by atoms with van der Waals surface area (Å²) in [6, 6.07) is 0. The third kappa shape index (κ3) is 25.6. The summed E-state index contributed by atoms with van der Waals surface area (Å²) in [6.07, 6.45) is 38.4. The minimum absolute atomic E-state index is 0.435. The van der Waals surface area contributed by atoms with Crippen LogP contribution in [-0.2, 0) is 9.59 Å². The van der Waals surface area contributed by atoms with E-state index in [1.807, 2.05) is 0 Å². The van der Waals surface area contributed by atoms with Gasteiger partial charge in [0.15, 0.2) is 0 Å². The van der Waals surface area contributed by atoms with E-state index < -0.39 is 23.7 Å². The molecule has 0 rings (SSSR count). The highest BCUT2D eigenvalue weighted by Gasteiger charge is 2.31. The fraction of sp³-hybridized carbons (Fsp3) is 0.889. The first-order valence-electron chi connectivity index (χ1n) is 17.7. The van der Waals surface area contributed by atoms with Crippen LogP contribution in [0.4, 0.5) is 0 Å². The Hall–Kier alpha value is -1.32. The minimum atomic E-state index is -0.853. The van der Waals surface area contributed by atoms with Crippen molar-refractivity contribution in [1.82, 2.24) is 0 Å². The number of nitrogens with two attached hydrogens (primary N) is 1. The van der Waals surface area contributed by atoms with E-state index in [1.54, 1.807) is 0 Å². The summed E-state index contributed by atoms with van der Waals surface area (Å²) in [6.45, 7) is 4.52. The highest BCUT2D eigenvalue weighted by molar-refractivity contribution is 5.83. The van der Waals surface area contributed by atoms with Crippen LogP contribution in [0.1, 0.15) is 194 Å². The molecular formula is C36H69NO3. The van der Waals surface area contributed by atoms with Crippen LogP contribution in [0, 0.1) is 11.8 Å². The van der Waals surface area contributed by atoms with Crippen LogP contribution in [0.25, 0.3) is 0 Å². The van der Waals surface area contributed by atoms with Gasteiger partial charge in [-0.15, -0.1) is 0 Å². The fourth-order valence-electron chi connectivity index (χ4n) is 5.86. The van der Waals surface area contributed by atoms with Crippen molar-refractivity contribution in [3.63, 3.8) is 0 Å². The topological polar surface area (TPSA) is 80.4 Å². The SMILES string of the molecule is CCCCCCCC/C=C\CCCCCCC(C(N)=O)C(CCCCCCCCCCCCCCCC)C(=O)O. The number of amides is 1. The lowest BCUT2D eigenvalue weighted by Crippen LogP contribution is -2.34. The normalized spacial score (nSPS) is 13.2. The molecule has 0 saturated carbocycles. The molecule has 0 aromatic heterocycles. The van der Waals surface area contributed by atoms with Gasteiger partial charge in [0.05, 0.1) is 11.8 Å². The second kappa shape index (κ2) is 30.6. The molecule has 0 aliphatic rings. The summed E-state index contributed by atoms with van der Waals surface area (Å²) >= 11 is 0. The average Bonchev–Trinajstić information content (AvgIpc) is 2.93. The smallest absolute Gasteiger partial charge is 0.307 e. The molecule has 2 atom stereocenters. The van der Waals surface area contributed by atoms with Gasteiger partial charge in [-0.05, 0) is 38.5 Å². The van der Waals surface area contributed by atoms with Crippen LogP contribution in [0.2, 0.25) is 0 Å². The quantitative estimate of drug-likeness (QED) is 0.0631. The van der Waals surface area contributed by atoms with E-state index in [0.717, 1.165) is 51.4 Å². The Labute approximate surface area is 249 Å². The van der Waals surface area contributed by atoms with Crippen LogP contribution < -0.4 is 5.73 Å². The standard InChI is InChI=1S/C36H69NO3/c1-3-5-7-9-11-13-15-17-19-21-23-25-27-29-31-33(35(37)38)34(36(39)40)32-30-28-26-24-22-20-18-16-14-12-10-8-6-4-2/h17,19,33-34H,3-16,18,20-32H2,1-2H3,(H2,37,38)(H,39,40)/b19-17-. The van der Waals surface area contributed by atoms with E-state index in [-0.39, 0.29) is 0 Å². The molecule has 40 heavy (non-hydrogen) atoms. The molecular weight excluding hydrogens is 494 g/mol. The van der Waals surface area contributed by atoms with Crippen LogP contribution in [0.15, 0.2) is 12.2 Å². The van der Waals surface area contributed by atoms with Gasteiger partial charge in [-0.2, -0.15) is 0 Å². The first kappa shape index (κ1) is 38.7. The fourth-order valence-corrected chi connectivity index (χ4v) is 5.86. The van der Waals surface area contributed by atoms with Gasteiger partial charge in [-0.25, -0.2) is 0 Å². The third-order valence-electron chi connectivity index (χ3n) is 8.56. The maximum atomic E-state index is 12.1. The largest absolute Gasteiger partial charge is 0.481 e. The van der Waals surface area contributed by atoms with Gasteiger partial charge in [0.25, 0.3) is 0 Å². The zero-order valence-corrected chi connectivity index (χ0v) is 26.9. The number of rotatable bonds is 32. The molecule has 3 N–H and O–H groups in total. The van der Waals surface area contributed by atoms with Crippen LogP contribution in [-0.4, -0.2) is 17.0 Å². The first-order chi connectivity index (χ1) is 19.5. The number of hydrogen-bond donors (Lipinski definition) is 2. The van der Waals surface area contributed by atoms with Gasteiger partial charge in [-0.1, -0.05) is 167 Å². The highest BCUT2D eigenvalue weighted by atomic mass is 16.4. The molecule has 0 aromatic rings. The molecule has 0 aromatic carbocycles. The summed E-state index contributed by atoms with van der Waals surface area (Å²) < 4.78 is 0. The molecule has 1 amide bonds. The third-order valence-corrected chi connectivity index (χ3v) is 8.56. The molecule has 2 unspecified atom stereocenters. The molecule has 4 nitrogen and oxygen atoms in total. The number of unbranched alkanes of at least 4 members (excludes halogenated alkanes) is 23. The zero-order valence-electron chi connectivity index (χ0n) is 26.9. The Balaban J connectivity index is 3.87. The molecule has 0 saturated heterocycles. The lowest BCUT2D eigenvalue weighted by atomic mass is 9.83. The van der Waals surface area contributed by atoms with Gasteiger partial charge in [0.2, 0.25) is 5.91 Å². The Morgan fingerprint density at radius 3 is 1.12 bits per heavy atom. The lowest BCUT2D eigenvalue weighted by Gasteiger charge is -2.21. The summed E-state index contributed by atoms with van der Waals surface area (Å²) in [5.74, 6) is -2.44. The van der Waals surface area contributed by atoms with Crippen molar-refractivity contribution in [2.45, 2.75) is 194 Å². The predicted octanol–water partition coefficient (Wildman–Crippen LogP) is 11.3. The Kier molecular flexibility index (Phi) is 29.6. The molecule has 0 aliphatic heterocycles. The summed E-state index contributed by atoms with van der Waals surface area (Å²) in [4.78, 5) is 24.1. The molecule has 0 bridgehead atoms. The van der Waals surface area contributed by atoms with Crippen molar-refractivity contribution in [3.05, 3.63) is 12.2 Å². The predicted molar refractivity (Wildman–Crippen MR) is 174 cm³/mol. The summed E-state index contributed by atoms with van der Waals surface area (Å²) in [7, 11) is 0. The molecule has 0 fully saturated rings. The van der Waals surface area contributed by atoms with Crippen molar-refractivity contribution in [1.29, 1.82) is 0 Å². The zero-order chi connectivity index (χ0) is 29.5. The molecule has 0 radical (unpaired) electrons. The van der Waals surface area contributed by atoms with Gasteiger partial charge in [0.1, 0.15) is 0 Å². The van der Waals surface area contributed by atoms with E-state index in [1.165, 1.54) is 116 Å². The lowest BCUT2D eigenvalue weighted by molar-refractivity contribution is -0.147. The summed E-state index contributed by atoms with van der Waals surface area (Å²) in [5, 5.41) is 9.80. The Morgan fingerprint density at radius 2 is 0.800 bits per heavy atom. The van der Waals surface area contributed by atoms with Gasteiger partial charge < -0.3 is 10.8 Å². The molecule has 0 spiro atoms. The molecule has 4 heteroatoms. The number of carboxylic acid groups (broad SMARTS) is 1. The number of hydrogen-bond acceptors (Lipinski definition) is 2. The molecule has 0 heterocycles. The van der Waals surface area contributed by atoms with E-state index in [0.29, 0.717) is 12.8 Å². The van der Waals surface area contributed by atoms with Crippen LogP contribution in [0.5, 0.6) is 0 Å². The number of allylic oxidation sites excluding steroid dienone is 2. The van der Waals surface area contributed by atoms with Crippen molar-refractivity contribution >= 4 is 11.9 Å². The number of carboxylic acids is 1. The second-order valence-corrected chi connectivity index (χ2v) is 12.4. The minimum Gasteiger partial charge on any atom is -0.481 e. The molecule has 0 aliphatic carbocycles. The van der Waals surface area contributed by atoms with E-state index in [4.69, 9.17) is 5.73 Å². The summed E-state index contributed by atoms with van der Waals surface area (Å²) in [5.41, 5.74) is 5.67. The molecule has 236 valence electrons. The Morgan fingerprint density at radius 1 is 0.500 bits per heavy atom. The highest BCUT2D eigenvalue weighted by Crippen LogP contribution is 2.26. The number of carbonyl (C=O) groups is 2. The van der Waals surface area contributed by atoms with Crippen molar-refractivity contribution in [2.24, 2.45) is 17.6 Å². The number of primary amides is 1. The second-order valence-electron chi connectivity index (χ2n) is 12.4. The van der Waals surface area contributed by atoms with E-state index in [9.17, 15) is 14.7 Å². The number of carbonyl (C=O) groups excluding carboxylic acids is 1. The Bertz CT molecular complexity index is 589. The van der Waals surface area contributed by atoms with Gasteiger partial charge in [-0.3, -0.25) is 9.59 Å². The maximum Gasteiger partial charge on any atom is 0.307 e. The van der Waals surface area contributed by atoms with Gasteiger partial charge in [0, 0.05) is 0 Å². The van der Waals surface area contributed by atoms with Crippen LogP contribution >= 0.6 is 0 Å². The van der Waals surface area contributed by atoms with E-state index >= 15 is 0 Å². The van der Waals surface area contributed by atoms with Crippen molar-refractivity contribution in [2.75, 3.05) is 0 Å². The maximum absolute atomic E-state index is 12.1. The van der Waals surface area contributed by atoms with Gasteiger partial charge >= 0.3 is 5.97 Å². The average molecular weight is 564 g/mol. The van der Waals surface area contributed by atoms with Crippen LogP contribution in [0.3, 0.4) is 0 Å². The van der Waals surface area contributed by atoms with Crippen molar-refractivity contribution in [3.8, 4) is 0 Å². The monoisotopic (exact) mass is 564 g/mol. The van der Waals surface area contributed by atoms with Crippen molar-refractivity contribution < 1.29 is 14.7 Å².